The molecule has 0 aliphatic carbocycles. The first-order valence-corrected chi connectivity index (χ1v) is 6.70. The number of aliphatic carboxylic acids is 1. The zero-order chi connectivity index (χ0) is 14.4. The lowest BCUT2D eigenvalue weighted by Crippen LogP contribution is -2.15. The summed E-state index contributed by atoms with van der Waals surface area (Å²) in [4.78, 5) is 10.8. The number of hydrogen-bond acceptors (Lipinski definition) is 2. The Morgan fingerprint density at radius 1 is 0.950 bits per heavy atom. The van der Waals surface area contributed by atoms with E-state index in [0.717, 1.165) is 17.7 Å². The Hall–Kier alpha value is -2.13. The molecule has 0 aromatic heterocycles. The van der Waals surface area contributed by atoms with Gasteiger partial charge in [0.1, 0.15) is 0 Å². The number of benzene rings is 2. The molecule has 2 aromatic carbocycles. The van der Waals surface area contributed by atoms with Gasteiger partial charge in [0.05, 0.1) is 6.42 Å². The van der Waals surface area contributed by atoms with E-state index in [4.69, 9.17) is 5.11 Å². The van der Waals surface area contributed by atoms with Crippen LogP contribution < -0.4 is 5.32 Å². The molecule has 0 heterocycles. The Bertz CT molecular complexity index is 593. The van der Waals surface area contributed by atoms with Crippen LogP contribution >= 0.6 is 0 Å². The van der Waals surface area contributed by atoms with Crippen molar-refractivity contribution in [2.45, 2.75) is 26.4 Å². The molecule has 2 rings (SSSR count). The van der Waals surface area contributed by atoms with Crippen molar-refractivity contribution in [2.24, 2.45) is 0 Å². The van der Waals surface area contributed by atoms with Crippen LogP contribution in [0.15, 0.2) is 48.5 Å². The number of nitrogens with one attached hydrogen (secondary N) is 1. The Labute approximate surface area is 119 Å². The van der Waals surface area contributed by atoms with E-state index in [1.165, 1.54) is 11.1 Å². The summed E-state index contributed by atoms with van der Waals surface area (Å²) in [6.45, 7) is 3.56. The van der Waals surface area contributed by atoms with Gasteiger partial charge in [-0.15, -0.1) is 0 Å². The van der Waals surface area contributed by atoms with E-state index < -0.39 is 5.97 Å². The Kier molecular flexibility index (Phi) is 4.91. The number of carbonyl (C=O) groups is 1. The average Bonchev–Trinajstić information content (AvgIpc) is 2.42. The summed E-state index contributed by atoms with van der Waals surface area (Å²) in [6.07, 6.45) is 0.0716. The van der Waals surface area contributed by atoms with Crippen LogP contribution in [0.4, 0.5) is 0 Å². The molecule has 0 saturated carbocycles. The van der Waals surface area contributed by atoms with Crippen LogP contribution in [0.3, 0.4) is 0 Å². The molecule has 0 amide bonds. The number of hydrogen-bond donors (Lipinski definition) is 2. The predicted molar refractivity (Wildman–Crippen MR) is 79.5 cm³/mol. The molecular weight excluding hydrogens is 250 g/mol. The van der Waals surface area contributed by atoms with E-state index in [2.05, 4.69) is 24.4 Å². The minimum atomic E-state index is -0.795. The molecule has 0 fully saturated rings. The van der Waals surface area contributed by atoms with E-state index in [0.29, 0.717) is 6.54 Å². The van der Waals surface area contributed by atoms with E-state index in [1.54, 1.807) is 0 Å². The van der Waals surface area contributed by atoms with Crippen LogP contribution in [0.5, 0.6) is 0 Å². The van der Waals surface area contributed by atoms with Crippen LogP contribution in [-0.2, 0) is 24.3 Å². The molecule has 20 heavy (non-hydrogen) atoms. The molecule has 104 valence electrons. The summed E-state index contributed by atoms with van der Waals surface area (Å²) < 4.78 is 0. The van der Waals surface area contributed by atoms with Gasteiger partial charge in [-0.05, 0) is 29.2 Å². The quantitative estimate of drug-likeness (QED) is 0.847. The second-order valence-electron chi connectivity index (χ2n) is 4.87. The minimum absolute atomic E-state index is 0.0716. The number of carboxylic acids is 1. The van der Waals surface area contributed by atoms with Crippen molar-refractivity contribution < 1.29 is 9.90 Å². The highest BCUT2D eigenvalue weighted by molar-refractivity contribution is 5.70. The maximum absolute atomic E-state index is 10.8. The van der Waals surface area contributed by atoms with Crippen LogP contribution in [0.25, 0.3) is 0 Å². The lowest BCUT2D eigenvalue weighted by Gasteiger charge is -2.10. The van der Waals surface area contributed by atoms with E-state index >= 15 is 0 Å². The second kappa shape index (κ2) is 6.87. The lowest BCUT2D eigenvalue weighted by atomic mass is 10.0. The van der Waals surface area contributed by atoms with Gasteiger partial charge in [-0.3, -0.25) is 4.79 Å². The van der Waals surface area contributed by atoms with Gasteiger partial charge in [0, 0.05) is 13.1 Å². The molecule has 3 nitrogen and oxygen atoms in total. The van der Waals surface area contributed by atoms with Gasteiger partial charge >= 0.3 is 5.97 Å². The van der Waals surface area contributed by atoms with Gasteiger partial charge in [-0.25, -0.2) is 0 Å². The van der Waals surface area contributed by atoms with E-state index in [-0.39, 0.29) is 6.42 Å². The topological polar surface area (TPSA) is 49.3 Å². The van der Waals surface area contributed by atoms with Gasteiger partial charge in [0.2, 0.25) is 0 Å². The Morgan fingerprint density at radius 3 is 2.15 bits per heavy atom. The molecule has 2 N–H and O–H groups in total. The molecule has 0 unspecified atom stereocenters. The molecule has 0 saturated heterocycles. The summed E-state index contributed by atoms with van der Waals surface area (Å²) in [7, 11) is 0. The third-order valence-corrected chi connectivity index (χ3v) is 3.35. The standard InChI is InChI=1S/C17H19NO2/c1-13-6-2-3-8-15(13)11-18-12-16-9-5-4-7-14(16)10-17(19)20/h2-9,18H,10-12H2,1H3,(H,19,20). The predicted octanol–water partition coefficient (Wildman–Crippen LogP) is 2.91. The Balaban J connectivity index is 1.97. The fourth-order valence-electron chi connectivity index (χ4n) is 2.21. The fourth-order valence-corrected chi connectivity index (χ4v) is 2.21. The fraction of sp³-hybridized carbons (Fsp3) is 0.235. The monoisotopic (exact) mass is 269 g/mol. The summed E-state index contributed by atoms with van der Waals surface area (Å²) >= 11 is 0. The Morgan fingerprint density at radius 2 is 1.50 bits per heavy atom. The molecule has 2 aromatic rings. The molecule has 0 aliphatic heterocycles. The van der Waals surface area contributed by atoms with Crippen molar-refractivity contribution in [1.29, 1.82) is 0 Å². The van der Waals surface area contributed by atoms with Gasteiger partial charge in [0.15, 0.2) is 0 Å². The van der Waals surface area contributed by atoms with Gasteiger partial charge < -0.3 is 10.4 Å². The van der Waals surface area contributed by atoms with E-state index in [9.17, 15) is 4.79 Å². The van der Waals surface area contributed by atoms with Crippen molar-refractivity contribution in [3.8, 4) is 0 Å². The molecule has 0 radical (unpaired) electrons. The summed E-state index contributed by atoms with van der Waals surface area (Å²) in [5.74, 6) is -0.795. The first-order chi connectivity index (χ1) is 9.66. The third kappa shape index (κ3) is 3.93. The first-order valence-electron chi connectivity index (χ1n) is 6.70. The largest absolute Gasteiger partial charge is 0.481 e. The zero-order valence-corrected chi connectivity index (χ0v) is 11.6. The first kappa shape index (κ1) is 14.3. The van der Waals surface area contributed by atoms with Crippen LogP contribution in [-0.4, -0.2) is 11.1 Å². The van der Waals surface area contributed by atoms with Gasteiger partial charge in [-0.2, -0.15) is 0 Å². The molecule has 0 aliphatic rings. The highest BCUT2D eigenvalue weighted by Crippen LogP contribution is 2.11. The average molecular weight is 269 g/mol. The summed E-state index contributed by atoms with van der Waals surface area (Å²) in [5, 5.41) is 12.3. The van der Waals surface area contributed by atoms with Crippen LogP contribution in [0.2, 0.25) is 0 Å². The number of aryl methyl sites for hydroxylation is 1. The molecule has 0 spiro atoms. The highest BCUT2D eigenvalue weighted by atomic mass is 16.4. The molecule has 0 bridgehead atoms. The van der Waals surface area contributed by atoms with Crippen LogP contribution in [0, 0.1) is 6.92 Å². The summed E-state index contributed by atoms with van der Waals surface area (Å²) in [6, 6.07) is 15.9. The maximum atomic E-state index is 10.8. The third-order valence-electron chi connectivity index (χ3n) is 3.35. The molecular formula is C17H19NO2. The van der Waals surface area contributed by atoms with Crippen molar-refractivity contribution >= 4 is 5.97 Å². The smallest absolute Gasteiger partial charge is 0.307 e. The second-order valence-corrected chi connectivity index (χ2v) is 4.87. The number of rotatable bonds is 6. The van der Waals surface area contributed by atoms with Gasteiger partial charge in [-0.1, -0.05) is 48.5 Å². The maximum Gasteiger partial charge on any atom is 0.307 e. The number of carboxylic acid groups (broad SMARTS) is 1. The normalized spacial score (nSPS) is 10.4. The van der Waals surface area contributed by atoms with E-state index in [1.807, 2.05) is 36.4 Å². The molecule has 0 atom stereocenters. The minimum Gasteiger partial charge on any atom is -0.481 e. The van der Waals surface area contributed by atoms with Gasteiger partial charge in [0.25, 0.3) is 0 Å². The van der Waals surface area contributed by atoms with Crippen molar-refractivity contribution in [3.63, 3.8) is 0 Å². The lowest BCUT2D eigenvalue weighted by molar-refractivity contribution is -0.136. The SMILES string of the molecule is Cc1ccccc1CNCc1ccccc1CC(=O)O. The highest BCUT2D eigenvalue weighted by Gasteiger charge is 2.06. The van der Waals surface area contributed by atoms with Crippen LogP contribution in [0.1, 0.15) is 22.3 Å². The van der Waals surface area contributed by atoms with Crippen molar-refractivity contribution in [1.82, 2.24) is 5.32 Å². The summed E-state index contributed by atoms with van der Waals surface area (Å²) in [5.41, 5.74) is 4.45. The van der Waals surface area contributed by atoms with Crippen molar-refractivity contribution in [3.05, 3.63) is 70.8 Å². The van der Waals surface area contributed by atoms with Crippen molar-refractivity contribution in [2.75, 3.05) is 0 Å². The molecule has 3 heteroatoms. The zero-order valence-electron chi connectivity index (χ0n) is 11.6.